The summed E-state index contributed by atoms with van der Waals surface area (Å²) >= 11 is 6.45. The van der Waals surface area contributed by atoms with Gasteiger partial charge in [-0.25, -0.2) is 8.78 Å². The van der Waals surface area contributed by atoms with Crippen molar-refractivity contribution in [2.45, 2.75) is 69.3 Å². The number of carbonyl (C=O) groups excluding carboxylic acids is 2. The van der Waals surface area contributed by atoms with Gasteiger partial charge in [0.15, 0.2) is 17.4 Å². The van der Waals surface area contributed by atoms with Crippen molar-refractivity contribution in [2.24, 2.45) is 0 Å². The molecule has 3 N–H and O–H groups in total. The van der Waals surface area contributed by atoms with Crippen LogP contribution in [0, 0.1) is 29.3 Å². The van der Waals surface area contributed by atoms with Crippen molar-refractivity contribution in [3.05, 3.63) is 99.8 Å². The van der Waals surface area contributed by atoms with Gasteiger partial charge in [-0.15, -0.1) is 0 Å². The molecule has 2 amide bonds. The number of fused-ring (bicyclic) bond motifs is 2. The average molecular weight is 712 g/mol. The van der Waals surface area contributed by atoms with Gasteiger partial charge in [0.2, 0.25) is 17.6 Å². The lowest BCUT2D eigenvalue weighted by Crippen LogP contribution is -2.73. The van der Waals surface area contributed by atoms with Gasteiger partial charge in [0.05, 0.1) is 37.1 Å². The Balaban J connectivity index is 1.42. The molecule has 2 aliphatic heterocycles. The molecule has 1 saturated heterocycles. The SMILES string of the molecule is CCN(Cc1ccccc1Cl)C(=O)[C@H]1N(C(=O)C[C@H](O)CC(=O)O)C[C@@H]2C#CC[C@]1(c1ccc(CCCOc3c(F)ccc(F)c3F)cc1)N2. The van der Waals surface area contributed by atoms with E-state index < -0.39 is 71.6 Å². The number of nitrogens with zero attached hydrogens (tertiary/aromatic N) is 2. The third-order valence-electron chi connectivity index (χ3n) is 8.95. The largest absolute Gasteiger partial charge is 0.488 e. The van der Waals surface area contributed by atoms with Crippen molar-refractivity contribution in [1.82, 2.24) is 15.1 Å². The van der Waals surface area contributed by atoms with E-state index in [1.54, 1.807) is 17.0 Å². The summed E-state index contributed by atoms with van der Waals surface area (Å²) in [4.78, 5) is 42.8. The summed E-state index contributed by atoms with van der Waals surface area (Å²) in [6.45, 7) is 2.25. The van der Waals surface area contributed by atoms with Gasteiger partial charge in [-0.3, -0.25) is 19.7 Å². The molecule has 50 heavy (non-hydrogen) atoms. The highest BCUT2D eigenvalue weighted by Crippen LogP contribution is 2.39. The van der Waals surface area contributed by atoms with E-state index in [2.05, 4.69) is 17.2 Å². The fraction of sp³-hybridized carbons (Fsp3) is 0.378. The molecular weight excluding hydrogens is 675 g/mol. The van der Waals surface area contributed by atoms with Crippen LogP contribution in [0.25, 0.3) is 0 Å². The van der Waals surface area contributed by atoms with Crippen LogP contribution in [0.3, 0.4) is 0 Å². The van der Waals surface area contributed by atoms with E-state index in [-0.39, 0.29) is 32.0 Å². The second-order valence-electron chi connectivity index (χ2n) is 12.3. The van der Waals surface area contributed by atoms with E-state index in [9.17, 15) is 37.8 Å². The number of aliphatic hydroxyl groups excluding tert-OH is 1. The number of halogens is 4. The summed E-state index contributed by atoms with van der Waals surface area (Å²) < 4.78 is 46.6. The van der Waals surface area contributed by atoms with E-state index >= 15 is 0 Å². The first-order valence-corrected chi connectivity index (χ1v) is 16.6. The Hall–Kier alpha value is -4.57. The van der Waals surface area contributed by atoms with Crippen molar-refractivity contribution in [3.8, 4) is 17.6 Å². The van der Waals surface area contributed by atoms with Crippen LogP contribution in [-0.2, 0) is 32.9 Å². The van der Waals surface area contributed by atoms with Crippen LogP contribution in [0.5, 0.6) is 5.75 Å². The Labute approximate surface area is 293 Å². The summed E-state index contributed by atoms with van der Waals surface area (Å²) in [5.41, 5.74) is 1.08. The molecule has 2 aliphatic rings. The fourth-order valence-electron chi connectivity index (χ4n) is 6.48. The zero-order valence-electron chi connectivity index (χ0n) is 27.3. The summed E-state index contributed by atoms with van der Waals surface area (Å²) in [5, 5.41) is 23.6. The minimum absolute atomic E-state index is 0.0397. The van der Waals surface area contributed by atoms with Gasteiger partial charge >= 0.3 is 5.97 Å². The minimum Gasteiger partial charge on any atom is -0.488 e. The molecular formula is C37H37ClF3N3O6. The maximum absolute atomic E-state index is 14.7. The molecule has 0 spiro atoms. The lowest BCUT2D eigenvalue weighted by molar-refractivity contribution is -0.155. The summed E-state index contributed by atoms with van der Waals surface area (Å²) in [6.07, 6.45) is -1.58. The third-order valence-corrected chi connectivity index (χ3v) is 9.32. The number of carbonyl (C=O) groups is 3. The van der Waals surface area contributed by atoms with Crippen LogP contribution in [0.1, 0.15) is 49.3 Å². The molecule has 0 aliphatic carbocycles. The second kappa shape index (κ2) is 16.0. The van der Waals surface area contributed by atoms with Crippen molar-refractivity contribution in [3.63, 3.8) is 0 Å². The van der Waals surface area contributed by atoms with E-state index in [1.807, 2.05) is 43.3 Å². The Bertz CT molecular complexity index is 1800. The second-order valence-corrected chi connectivity index (χ2v) is 12.7. The van der Waals surface area contributed by atoms with Crippen molar-refractivity contribution in [2.75, 3.05) is 19.7 Å². The number of benzene rings is 3. The number of amides is 2. The van der Waals surface area contributed by atoms with Crippen molar-refractivity contribution in [1.29, 1.82) is 0 Å². The number of aliphatic hydroxyl groups is 1. The van der Waals surface area contributed by atoms with Gasteiger partial charge in [0.25, 0.3) is 0 Å². The number of hydrogen-bond donors (Lipinski definition) is 3. The maximum Gasteiger partial charge on any atom is 0.305 e. The predicted octanol–water partition coefficient (Wildman–Crippen LogP) is 4.81. The number of aliphatic carboxylic acids is 1. The van der Waals surface area contributed by atoms with Crippen LogP contribution in [0.15, 0.2) is 60.7 Å². The topological polar surface area (TPSA) is 119 Å². The van der Waals surface area contributed by atoms with Crippen LogP contribution < -0.4 is 10.1 Å². The maximum atomic E-state index is 14.7. The van der Waals surface area contributed by atoms with Gasteiger partial charge in [0.1, 0.15) is 6.04 Å². The highest BCUT2D eigenvalue weighted by Gasteiger charge is 2.55. The normalized spacial score (nSPS) is 20.0. The average Bonchev–Trinajstić information content (AvgIpc) is 3.08. The molecule has 13 heteroatoms. The number of rotatable bonds is 14. The molecule has 0 saturated carbocycles. The highest BCUT2D eigenvalue weighted by atomic mass is 35.5. The molecule has 4 atom stereocenters. The van der Waals surface area contributed by atoms with Crippen LogP contribution >= 0.6 is 11.6 Å². The fourth-order valence-corrected chi connectivity index (χ4v) is 6.68. The quantitative estimate of drug-likeness (QED) is 0.125. The first kappa shape index (κ1) is 36.7. The molecule has 3 aromatic rings. The number of piperazine rings is 1. The Morgan fingerprint density at radius 1 is 1.08 bits per heavy atom. The standard InChI is InChI=1S/C37H37ClF3N3O6/c1-2-43(21-24-8-3-4-10-28(24)38)36(49)35-37(17-5-9-26(42-37)22-44(35)31(46)19-27(45)20-32(47)48)25-13-11-23(12-14-25)7-6-18-50-34-30(40)16-15-29(39)33(34)41/h3-4,8,10-16,26-27,35,42,45H,2,6-7,17-22H2,1H3,(H,47,48)/t26-,27-,35+,37+/m0/s1. The molecule has 2 bridgehead atoms. The zero-order valence-corrected chi connectivity index (χ0v) is 28.1. The van der Waals surface area contributed by atoms with Crippen LogP contribution in [0.4, 0.5) is 13.2 Å². The van der Waals surface area contributed by atoms with Gasteiger partial charge in [-0.1, -0.05) is 65.9 Å². The molecule has 0 aromatic heterocycles. The zero-order chi connectivity index (χ0) is 36.0. The van der Waals surface area contributed by atoms with E-state index in [0.717, 1.165) is 17.2 Å². The van der Waals surface area contributed by atoms with E-state index in [1.165, 1.54) is 4.90 Å². The lowest BCUT2D eigenvalue weighted by Gasteiger charge is -2.53. The lowest BCUT2D eigenvalue weighted by atomic mass is 9.73. The summed E-state index contributed by atoms with van der Waals surface area (Å²) in [5.74, 6) is -0.306. The molecule has 0 unspecified atom stereocenters. The van der Waals surface area contributed by atoms with Gasteiger partial charge in [-0.05, 0) is 54.7 Å². The number of ether oxygens (including phenoxy) is 1. The van der Waals surface area contributed by atoms with Crippen LogP contribution in [0.2, 0.25) is 5.02 Å². The minimum atomic E-state index is -1.45. The van der Waals surface area contributed by atoms with Crippen LogP contribution in [-0.4, -0.2) is 75.7 Å². The van der Waals surface area contributed by atoms with Gasteiger partial charge in [0, 0.05) is 31.1 Å². The van der Waals surface area contributed by atoms with Gasteiger partial charge in [-0.2, -0.15) is 4.39 Å². The number of likely N-dealkylation sites (N-methyl/N-ethyl adjacent to an activating group) is 1. The van der Waals surface area contributed by atoms with Crippen molar-refractivity contribution < 1.29 is 42.5 Å². The number of aryl methyl sites for hydroxylation is 1. The summed E-state index contributed by atoms with van der Waals surface area (Å²) in [6, 6.07) is 14.3. The monoisotopic (exact) mass is 711 g/mol. The smallest absolute Gasteiger partial charge is 0.305 e. The predicted molar refractivity (Wildman–Crippen MR) is 178 cm³/mol. The first-order chi connectivity index (χ1) is 23.9. The number of carboxylic acids is 1. The first-order valence-electron chi connectivity index (χ1n) is 16.3. The van der Waals surface area contributed by atoms with E-state index in [0.29, 0.717) is 36.0 Å². The third kappa shape index (κ3) is 8.07. The summed E-state index contributed by atoms with van der Waals surface area (Å²) in [7, 11) is 0. The Morgan fingerprint density at radius 2 is 1.80 bits per heavy atom. The molecule has 264 valence electrons. The Kier molecular flexibility index (Phi) is 11.7. The highest BCUT2D eigenvalue weighted by molar-refractivity contribution is 6.31. The molecule has 3 aromatic carbocycles. The molecule has 5 rings (SSSR count). The molecule has 1 fully saturated rings. The Morgan fingerprint density at radius 3 is 2.50 bits per heavy atom. The molecule has 0 radical (unpaired) electrons. The molecule has 9 nitrogen and oxygen atoms in total. The molecule has 2 heterocycles. The number of nitrogens with one attached hydrogen (secondary N) is 1. The van der Waals surface area contributed by atoms with Crippen molar-refractivity contribution >= 4 is 29.4 Å². The number of hydrogen-bond acceptors (Lipinski definition) is 6. The number of carboxylic acid groups (broad SMARTS) is 1. The van der Waals surface area contributed by atoms with Gasteiger partial charge < -0.3 is 24.7 Å². The van der Waals surface area contributed by atoms with E-state index in [4.69, 9.17) is 16.3 Å².